The van der Waals surface area contributed by atoms with Gasteiger partial charge in [-0.1, -0.05) is 35.9 Å². The average molecular weight is 311 g/mol. The van der Waals surface area contributed by atoms with Gasteiger partial charge in [-0.15, -0.1) is 0 Å². The molecule has 1 heterocycles. The average Bonchev–Trinajstić information content (AvgIpc) is 2.77. The van der Waals surface area contributed by atoms with E-state index >= 15 is 0 Å². The molecule has 0 aliphatic carbocycles. The summed E-state index contributed by atoms with van der Waals surface area (Å²) in [6.07, 6.45) is 0.976. The van der Waals surface area contributed by atoms with Crippen molar-refractivity contribution in [3.63, 3.8) is 0 Å². The second-order valence-corrected chi connectivity index (χ2v) is 5.56. The van der Waals surface area contributed by atoms with Crippen molar-refractivity contribution in [1.29, 1.82) is 0 Å². The smallest absolute Gasteiger partial charge is 0.269 e. The van der Waals surface area contributed by atoms with Crippen LogP contribution in [0.1, 0.15) is 23.0 Å². The number of rotatable bonds is 5. The quantitative estimate of drug-likeness (QED) is 0.790. The summed E-state index contributed by atoms with van der Waals surface area (Å²) in [7, 11) is 0. The minimum Gasteiger partial charge on any atom is -0.382 e. The summed E-state index contributed by atoms with van der Waals surface area (Å²) in [5.41, 5.74) is 6.39. The lowest BCUT2D eigenvalue weighted by Gasteiger charge is -2.03. The largest absolute Gasteiger partial charge is 0.382 e. The van der Waals surface area contributed by atoms with Crippen LogP contribution < -0.4 is 16.4 Å². The molecule has 7 heteroatoms. The molecule has 0 fully saturated rings. The van der Waals surface area contributed by atoms with Gasteiger partial charge in [-0.3, -0.25) is 4.79 Å². The molecule has 0 saturated carbocycles. The number of nitrogens with one attached hydrogen (secondary N) is 2. The van der Waals surface area contributed by atoms with Crippen LogP contribution in [0, 0.1) is 0 Å². The van der Waals surface area contributed by atoms with E-state index in [-0.39, 0.29) is 11.7 Å². The van der Waals surface area contributed by atoms with E-state index in [2.05, 4.69) is 22.5 Å². The summed E-state index contributed by atoms with van der Waals surface area (Å²) in [5, 5.41) is 7.07. The van der Waals surface area contributed by atoms with Crippen molar-refractivity contribution in [1.82, 2.24) is 4.98 Å². The first-order valence-electron chi connectivity index (χ1n) is 6.17. The summed E-state index contributed by atoms with van der Waals surface area (Å²) in [6, 6.07) is 6.94. The Morgan fingerprint density at radius 3 is 3.00 bits per heavy atom. The monoisotopic (exact) mass is 310 g/mol. The molecule has 0 saturated heterocycles. The number of nitrogens with two attached hydrogens (primary N) is 1. The molecular formula is C13H15ClN4OS. The lowest BCUT2D eigenvalue weighted by atomic mass is 10.3. The van der Waals surface area contributed by atoms with Gasteiger partial charge < -0.3 is 16.4 Å². The predicted octanol–water partition coefficient (Wildman–Crippen LogP) is 3.45. The molecule has 20 heavy (non-hydrogen) atoms. The highest BCUT2D eigenvalue weighted by Crippen LogP contribution is 2.26. The number of halogens is 1. The number of thiazole rings is 1. The molecule has 1 amide bonds. The van der Waals surface area contributed by atoms with E-state index in [1.807, 2.05) is 0 Å². The van der Waals surface area contributed by atoms with Crippen molar-refractivity contribution in [2.75, 3.05) is 22.9 Å². The highest BCUT2D eigenvalue weighted by atomic mass is 35.5. The standard InChI is InChI=1S/C13H15ClN4OS/c1-2-6-16-13-18-11(15)10(20-13)12(19)17-9-5-3-4-8(14)7-9/h3-5,7H,2,6,15H2,1H3,(H,16,18)(H,17,19). The number of carbonyl (C=O) groups is 1. The van der Waals surface area contributed by atoms with Gasteiger partial charge in [0.05, 0.1) is 0 Å². The summed E-state index contributed by atoms with van der Waals surface area (Å²) in [4.78, 5) is 16.7. The molecule has 4 N–H and O–H groups in total. The van der Waals surface area contributed by atoms with Crippen LogP contribution in [0.2, 0.25) is 5.02 Å². The minimum absolute atomic E-state index is 0.230. The topological polar surface area (TPSA) is 80.0 Å². The zero-order valence-electron chi connectivity index (χ0n) is 10.9. The summed E-state index contributed by atoms with van der Waals surface area (Å²) >= 11 is 7.11. The molecule has 0 spiro atoms. The zero-order valence-corrected chi connectivity index (χ0v) is 12.5. The van der Waals surface area contributed by atoms with E-state index in [0.29, 0.717) is 20.7 Å². The Labute approximate surface area is 126 Å². The normalized spacial score (nSPS) is 10.3. The molecule has 1 aromatic heterocycles. The number of benzene rings is 1. The van der Waals surface area contributed by atoms with Crippen molar-refractivity contribution in [2.45, 2.75) is 13.3 Å². The molecule has 0 radical (unpaired) electrons. The Hall–Kier alpha value is -1.79. The van der Waals surface area contributed by atoms with Gasteiger partial charge in [-0.05, 0) is 24.6 Å². The first-order valence-corrected chi connectivity index (χ1v) is 7.36. The van der Waals surface area contributed by atoms with E-state index in [1.165, 1.54) is 11.3 Å². The number of nitrogen functional groups attached to an aromatic ring is 1. The number of anilines is 3. The number of carbonyl (C=O) groups excluding carboxylic acids is 1. The van der Waals surface area contributed by atoms with E-state index in [9.17, 15) is 4.79 Å². The molecular weight excluding hydrogens is 296 g/mol. The third-order valence-corrected chi connectivity index (χ3v) is 3.73. The molecule has 0 aliphatic heterocycles. The first-order chi connectivity index (χ1) is 9.60. The van der Waals surface area contributed by atoms with Crippen LogP contribution in [0.25, 0.3) is 0 Å². The van der Waals surface area contributed by atoms with Gasteiger partial charge in [0.2, 0.25) is 0 Å². The van der Waals surface area contributed by atoms with Crippen LogP contribution in [0.5, 0.6) is 0 Å². The minimum atomic E-state index is -0.285. The van der Waals surface area contributed by atoms with Crippen LogP contribution in [-0.2, 0) is 0 Å². The van der Waals surface area contributed by atoms with Gasteiger partial charge in [0.25, 0.3) is 5.91 Å². The highest BCUT2D eigenvalue weighted by molar-refractivity contribution is 7.18. The fourth-order valence-electron chi connectivity index (χ4n) is 1.56. The van der Waals surface area contributed by atoms with Gasteiger partial charge in [0, 0.05) is 17.3 Å². The second-order valence-electron chi connectivity index (χ2n) is 4.12. The molecule has 0 unspecified atom stereocenters. The molecule has 106 valence electrons. The SMILES string of the molecule is CCCNc1nc(N)c(C(=O)Nc2cccc(Cl)c2)s1. The fraction of sp³-hybridized carbons (Fsp3) is 0.231. The van der Waals surface area contributed by atoms with E-state index in [1.54, 1.807) is 24.3 Å². The van der Waals surface area contributed by atoms with E-state index in [0.717, 1.165) is 13.0 Å². The molecule has 0 bridgehead atoms. The number of amides is 1. The van der Waals surface area contributed by atoms with Gasteiger partial charge in [-0.2, -0.15) is 0 Å². The summed E-state index contributed by atoms with van der Waals surface area (Å²) in [6.45, 7) is 2.85. The number of aromatic nitrogens is 1. The van der Waals surface area contributed by atoms with Crippen LogP contribution >= 0.6 is 22.9 Å². The van der Waals surface area contributed by atoms with Crippen molar-refractivity contribution in [3.8, 4) is 0 Å². The Kier molecular flexibility index (Phi) is 4.81. The highest BCUT2D eigenvalue weighted by Gasteiger charge is 2.16. The molecule has 2 aromatic rings. The first kappa shape index (κ1) is 14.6. The van der Waals surface area contributed by atoms with E-state index in [4.69, 9.17) is 17.3 Å². The van der Waals surface area contributed by atoms with Gasteiger partial charge in [-0.25, -0.2) is 4.98 Å². The molecule has 1 aromatic carbocycles. The van der Waals surface area contributed by atoms with Crippen molar-refractivity contribution >= 4 is 45.5 Å². The zero-order chi connectivity index (χ0) is 14.5. The molecule has 0 atom stereocenters. The Bertz CT molecular complexity index is 614. The second kappa shape index (κ2) is 6.58. The van der Waals surface area contributed by atoms with Crippen molar-refractivity contribution < 1.29 is 4.79 Å². The fourth-order valence-corrected chi connectivity index (χ4v) is 2.55. The molecule has 2 rings (SSSR count). The lowest BCUT2D eigenvalue weighted by molar-refractivity contribution is 0.103. The Morgan fingerprint density at radius 2 is 2.30 bits per heavy atom. The third kappa shape index (κ3) is 3.61. The predicted molar refractivity (Wildman–Crippen MR) is 84.7 cm³/mol. The third-order valence-electron chi connectivity index (χ3n) is 2.47. The van der Waals surface area contributed by atoms with Crippen molar-refractivity contribution in [3.05, 3.63) is 34.2 Å². The van der Waals surface area contributed by atoms with E-state index < -0.39 is 0 Å². The summed E-state index contributed by atoms with van der Waals surface area (Å²) < 4.78 is 0. The van der Waals surface area contributed by atoms with Gasteiger partial charge in [0.15, 0.2) is 5.13 Å². The van der Waals surface area contributed by atoms with Crippen LogP contribution in [0.4, 0.5) is 16.6 Å². The molecule has 0 aliphatic rings. The number of nitrogens with zero attached hydrogens (tertiary/aromatic N) is 1. The van der Waals surface area contributed by atoms with Crippen LogP contribution in [0.3, 0.4) is 0 Å². The van der Waals surface area contributed by atoms with Crippen LogP contribution in [-0.4, -0.2) is 17.4 Å². The molecule has 5 nitrogen and oxygen atoms in total. The lowest BCUT2D eigenvalue weighted by Crippen LogP contribution is -2.12. The summed E-state index contributed by atoms with van der Waals surface area (Å²) in [5.74, 6) is -0.0556. The Morgan fingerprint density at radius 1 is 1.50 bits per heavy atom. The maximum Gasteiger partial charge on any atom is 0.269 e. The van der Waals surface area contributed by atoms with Gasteiger partial charge in [0.1, 0.15) is 10.7 Å². The maximum absolute atomic E-state index is 12.1. The van der Waals surface area contributed by atoms with Crippen LogP contribution in [0.15, 0.2) is 24.3 Å². The Balaban J connectivity index is 2.11. The number of hydrogen-bond acceptors (Lipinski definition) is 5. The number of hydrogen-bond donors (Lipinski definition) is 3. The van der Waals surface area contributed by atoms with Crippen molar-refractivity contribution in [2.24, 2.45) is 0 Å². The van der Waals surface area contributed by atoms with Gasteiger partial charge >= 0.3 is 0 Å². The maximum atomic E-state index is 12.1.